The Balaban J connectivity index is 1.59. The number of pyridine rings is 1. The van der Waals surface area contributed by atoms with E-state index in [2.05, 4.69) is 21.8 Å². The van der Waals surface area contributed by atoms with Crippen molar-refractivity contribution in [2.45, 2.75) is 58.9 Å². The van der Waals surface area contributed by atoms with E-state index in [0.29, 0.717) is 35.4 Å². The average Bonchev–Trinajstić information content (AvgIpc) is 3.18. The number of carbonyl (C=O) groups is 1. The number of nitrogens with one attached hydrogen (secondary N) is 2. The van der Waals surface area contributed by atoms with Crippen molar-refractivity contribution in [3.8, 4) is 5.75 Å². The lowest BCUT2D eigenvalue weighted by molar-refractivity contribution is -0.0629. The topological polar surface area (TPSA) is 79.4 Å². The number of hydrogen-bond donors (Lipinski definition) is 2. The molecule has 10 heteroatoms. The average molecular weight is 519 g/mol. The van der Waals surface area contributed by atoms with Gasteiger partial charge < -0.3 is 19.6 Å². The number of alkyl halides is 3. The smallest absolute Gasteiger partial charge is 0.282 e. The Bertz CT molecular complexity index is 1330. The first-order valence-electron chi connectivity index (χ1n) is 12.4. The number of likely N-dealkylation sites (tertiary alicyclic amines) is 1. The van der Waals surface area contributed by atoms with Crippen molar-refractivity contribution in [3.05, 3.63) is 63.2 Å². The third-order valence-electron chi connectivity index (χ3n) is 7.48. The maximum absolute atomic E-state index is 13.8. The SMILES string of the molecule is COc1cc(C)[nH]c(=O)c1CNC(=O)c1c(C)n([C@H](C)C2CCN(C(F)C(F)F)CC2)c2ccccc12. The second-order valence-corrected chi connectivity index (χ2v) is 9.68. The van der Waals surface area contributed by atoms with Crippen LogP contribution in [-0.2, 0) is 6.54 Å². The fourth-order valence-electron chi connectivity index (χ4n) is 5.51. The van der Waals surface area contributed by atoms with Crippen LogP contribution in [0.3, 0.4) is 0 Å². The van der Waals surface area contributed by atoms with E-state index in [-0.39, 0.29) is 43.1 Å². The molecule has 1 amide bonds. The predicted molar refractivity (Wildman–Crippen MR) is 136 cm³/mol. The molecule has 1 aliphatic rings. The lowest BCUT2D eigenvalue weighted by atomic mass is 9.90. The number of methoxy groups -OCH3 is 1. The second-order valence-electron chi connectivity index (χ2n) is 9.68. The number of aryl methyl sites for hydroxylation is 1. The van der Waals surface area contributed by atoms with Crippen LogP contribution in [-0.4, -0.2) is 53.3 Å². The van der Waals surface area contributed by atoms with Crippen molar-refractivity contribution >= 4 is 16.8 Å². The zero-order chi connectivity index (χ0) is 26.9. The number of aromatic nitrogens is 2. The van der Waals surface area contributed by atoms with Gasteiger partial charge in [-0.25, -0.2) is 13.2 Å². The van der Waals surface area contributed by atoms with Crippen LogP contribution in [0, 0.1) is 19.8 Å². The number of nitrogens with zero attached hydrogens (tertiary/aromatic N) is 2. The Labute approximate surface area is 213 Å². The summed E-state index contributed by atoms with van der Waals surface area (Å²) < 4.78 is 46.9. The molecule has 2 N–H and O–H groups in total. The molecule has 1 aliphatic heterocycles. The Kier molecular flexibility index (Phi) is 7.96. The number of para-hydroxylation sites is 1. The molecule has 2 aromatic heterocycles. The Morgan fingerprint density at radius 1 is 1.19 bits per heavy atom. The van der Waals surface area contributed by atoms with Gasteiger partial charge in [0.25, 0.3) is 17.9 Å². The van der Waals surface area contributed by atoms with Crippen LogP contribution in [0.25, 0.3) is 10.9 Å². The largest absolute Gasteiger partial charge is 0.496 e. The van der Waals surface area contributed by atoms with E-state index >= 15 is 0 Å². The minimum Gasteiger partial charge on any atom is -0.496 e. The van der Waals surface area contributed by atoms with E-state index in [1.807, 2.05) is 31.2 Å². The second kappa shape index (κ2) is 11.0. The van der Waals surface area contributed by atoms with Crippen LogP contribution < -0.4 is 15.6 Å². The van der Waals surface area contributed by atoms with Crippen LogP contribution in [0.5, 0.6) is 5.75 Å². The molecule has 0 aliphatic carbocycles. The highest BCUT2D eigenvalue weighted by Crippen LogP contribution is 2.36. The molecule has 0 saturated carbocycles. The van der Waals surface area contributed by atoms with Crippen LogP contribution >= 0.6 is 0 Å². The summed E-state index contributed by atoms with van der Waals surface area (Å²) in [5.41, 5.74) is 2.85. The first-order valence-corrected chi connectivity index (χ1v) is 12.4. The predicted octanol–water partition coefficient (Wildman–Crippen LogP) is 4.72. The standard InChI is InChI=1S/C27H33F3N4O3/c1-15-13-22(37-4)20(26(35)32-15)14-31-27(36)23-17(3)34(21-8-6-5-7-19(21)23)16(2)18-9-11-33(12-10-18)25(30)24(28)29/h5-8,13,16,18,24-25H,9-12,14H2,1-4H3,(H,31,36)(H,32,35)/t16-,25?/m1/s1. The van der Waals surface area contributed by atoms with Crippen LogP contribution in [0.1, 0.15) is 53.1 Å². The molecular formula is C27H33F3N4O3. The molecule has 0 bridgehead atoms. The Morgan fingerprint density at radius 3 is 2.51 bits per heavy atom. The van der Waals surface area contributed by atoms with Gasteiger partial charge in [0.1, 0.15) is 5.75 Å². The molecule has 1 unspecified atom stereocenters. The van der Waals surface area contributed by atoms with Gasteiger partial charge in [-0.05, 0) is 51.7 Å². The Morgan fingerprint density at radius 2 is 1.86 bits per heavy atom. The van der Waals surface area contributed by atoms with Crippen molar-refractivity contribution in [2.24, 2.45) is 5.92 Å². The molecule has 1 aromatic carbocycles. The highest BCUT2D eigenvalue weighted by molar-refractivity contribution is 6.08. The zero-order valence-corrected chi connectivity index (χ0v) is 21.5. The lowest BCUT2D eigenvalue weighted by Crippen LogP contribution is -2.43. The molecular weight excluding hydrogens is 485 g/mol. The normalized spacial score (nSPS) is 16.8. The van der Waals surface area contributed by atoms with Crippen molar-refractivity contribution in [1.29, 1.82) is 0 Å². The lowest BCUT2D eigenvalue weighted by Gasteiger charge is -2.37. The van der Waals surface area contributed by atoms with Crippen molar-refractivity contribution in [2.75, 3.05) is 20.2 Å². The number of aromatic amines is 1. The number of amides is 1. The van der Waals surface area contributed by atoms with E-state index in [1.165, 1.54) is 12.0 Å². The monoisotopic (exact) mass is 518 g/mol. The van der Waals surface area contributed by atoms with Gasteiger partial charge in [0.15, 0.2) is 0 Å². The number of carbonyl (C=O) groups excluding carboxylic acids is 1. The third kappa shape index (κ3) is 5.25. The molecule has 3 heterocycles. The molecule has 37 heavy (non-hydrogen) atoms. The molecule has 4 rings (SSSR count). The fourth-order valence-corrected chi connectivity index (χ4v) is 5.51. The minimum atomic E-state index is -3.01. The molecule has 0 radical (unpaired) electrons. The van der Waals surface area contributed by atoms with Gasteiger partial charge in [-0.3, -0.25) is 14.5 Å². The summed E-state index contributed by atoms with van der Waals surface area (Å²) in [4.78, 5) is 29.8. The Hall–Kier alpha value is -3.27. The zero-order valence-electron chi connectivity index (χ0n) is 21.5. The first kappa shape index (κ1) is 26.8. The maximum atomic E-state index is 13.8. The molecule has 1 saturated heterocycles. The molecule has 7 nitrogen and oxygen atoms in total. The van der Waals surface area contributed by atoms with E-state index < -0.39 is 12.7 Å². The van der Waals surface area contributed by atoms with Crippen molar-refractivity contribution < 1.29 is 22.7 Å². The summed E-state index contributed by atoms with van der Waals surface area (Å²) in [6, 6.07) is 9.29. The number of hydrogen-bond acceptors (Lipinski definition) is 4. The maximum Gasteiger partial charge on any atom is 0.282 e. The molecule has 2 atom stereocenters. The molecule has 3 aromatic rings. The number of H-pyrrole nitrogens is 1. The third-order valence-corrected chi connectivity index (χ3v) is 7.48. The number of piperidine rings is 1. The van der Waals surface area contributed by atoms with E-state index in [0.717, 1.165) is 16.6 Å². The van der Waals surface area contributed by atoms with Crippen molar-refractivity contribution in [3.63, 3.8) is 0 Å². The summed E-state index contributed by atoms with van der Waals surface area (Å²) in [6.07, 6.45) is -4.09. The molecule has 200 valence electrons. The summed E-state index contributed by atoms with van der Waals surface area (Å²) >= 11 is 0. The van der Waals surface area contributed by atoms with Crippen LogP contribution in [0.15, 0.2) is 35.1 Å². The number of rotatable bonds is 8. The summed E-state index contributed by atoms with van der Waals surface area (Å²) in [5, 5.41) is 3.66. The number of halogens is 3. The summed E-state index contributed by atoms with van der Waals surface area (Å²) in [6.45, 7) is 6.22. The highest BCUT2D eigenvalue weighted by atomic mass is 19.3. The van der Waals surface area contributed by atoms with E-state index in [1.54, 1.807) is 13.0 Å². The van der Waals surface area contributed by atoms with Crippen LogP contribution in [0.2, 0.25) is 0 Å². The first-order chi connectivity index (χ1) is 17.6. The van der Waals surface area contributed by atoms with Gasteiger partial charge >= 0.3 is 0 Å². The van der Waals surface area contributed by atoms with Gasteiger partial charge in [0.2, 0.25) is 6.30 Å². The summed E-state index contributed by atoms with van der Waals surface area (Å²) in [5.74, 6) is 0.235. The van der Waals surface area contributed by atoms with Gasteiger partial charge in [-0.2, -0.15) is 0 Å². The minimum absolute atomic E-state index is 0.000878. The van der Waals surface area contributed by atoms with Gasteiger partial charge in [0.05, 0.1) is 24.8 Å². The van der Waals surface area contributed by atoms with Crippen LogP contribution in [0.4, 0.5) is 13.2 Å². The molecule has 1 fully saturated rings. The van der Waals surface area contributed by atoms with E-state index in [9.17, 15) is 22.8 Å². The highest BCUT2D eigenvalue weighted by Gasteiger charge is 2.34. The number of ether oxygens (including phenoxy) is 1. The van der Waals surface area contributed by atoms with Gasteiger partial charge in [-0.15, -0.1) is 0 Å². The van der Waals surface area contributed by atoms with Gasteiger partial charge in [-0.1, -0.05) is 18.2 Å². The number of benzene rings is 1. The van der Waals surface area contributed by atoms with E-state index in [4.69, 9.17) is 4.74 Å². The summed E-state index contributed by atoms with van der Waals surface area (Å²) in [7, 11) is 1.48. The molecule has 0 spiro atoms. The quantitative estimate of drug-likeness (QED) is 0.423. The number of fused-ring (bicyclic) bond motifs is 1. The van der Waals surface area contributed by atoms with Crippen molar-refractivity contribution in [1.82, 2.24) is 19.8 Å². The van der Waals surface area contributed by atoms with Gasteiger partial charge in [0, 0.05) is 41.4 Å². The fraction of sp³-hybridized carbons (Fsp3) is 0.481.